The Morgan fingerprint density at radius 1 is 1.38 bits per heavy atom. The van der Waals surface area contributed by atoms with Gasteiger partial charge >= 0.3 is 0 Å². The number of hydrogen-bond donors (Lipinski definition) is 1. The maximum absolute atomic E-state index is 9.74. The minimum atomic E-state index is 0.177. The van der Waals surface area contributed by atoms with Crippen molar-refractivity contribution < 1.29 is 9.67 Å². The Morgan fingerprint density at radius 2 is 2.06 bits per heavy atom. The molecular formula is C13H15ClNO+. The van der Waals surface area contributed by atoms with Crippen LogP contribution in [-0.4, -0.2) is 5.11 Å². The molecule has 1 aromatic carbocycles. The zero-order valence-corrected chi connectivity index (χ0v) is 10.4. The molecule has 0 amide bonds. The van der Waals surface area contributed by atoms with Crippen LogP contribution in [0, 0.1) is 6.92 Å². The summed E-state index contributed by atoms with van der Waals surface area (Å²) in [7, 11) is 0. The van der Waals surface area contributed by atoms with Crippen molar-refractivity contribution in [1.82, 2.24) is 0 Å². The molecule has 1 N–H and O–H groups in total. The largest absolute Gasteiger partial charge is 0.506 e. The molecule has 0 radical (unpaired) electrons. The minimum Gasteiger partial charge on any atom is -0.506 e. The molecule has 0 unspecified atom stereocenters. The van der Waals surface area contributed by atoms with Crippen molar-refractivity contribution in [3.05, 3.63) is 35.1 Å². The first kappa shape index (κ1) is 11.2. The van der Waals surface area contributed by atoms with Gasteiger partial charge < -0.3 is 5.11 Å². The summed E-state index contributed by atoms with van der Waals surface area (Å²) in [6.07, 6.45) is 4.03. The third kappa shape index (κ3) is 1.74. The molecule has 0 aliphatic heterocycles. The molecule has 0 saturated heterocycles. The fourth-order valence-corrected chi connectivity index (χ4v) is 2.09. The Bertz CT molecular complexity index is 549. The van der Waals surface area contributed by atoms with Crippen molar-refractivity contribution in [2.45, 2.75) is 26.8 Å². The Kier molecular flexibility index (Phi) is 2.76. The molecule has 2 nitrogen and oxygen atoms in total. The van der Waals surface area contributed by atoms with Crippen LogP contribution in [-0.2, 0) is 0 Å². The number of phenols is 1. The SMILES string of the molecule is Cc1cc2c[n+](C(C)C)ccc2c(Cl)c1O. The predicted octanol–water partition coefficient (Wildman–Crippen LogP) is 3.38. The van der Waals surface area contributed by atoms with Crippen molar-refractivity contribution in [3.63, 3.8) is 0 Å². The van der Waals surface area contributed by atoms with Gasteiger partial charge in [-0.1, -0.05) is 11.6 Å². The lowest BCUT2D eigenvalue weighted by atomic mass is 10.1. The number of hydrogen-bond acceptors (Lipinski definition) is 1. The van der Waals surface area contributed by atoms with E-state index in [4.69, 9.17) is 11.6 Å². The van der Waals surface area contributed by atoms with Gasteiger partial charge in [0.05, 0.1) is 5.02 Å². The standard InChI is InChI=1S/C13H14ClNO/c1-8(2)15-5-4-11-10(7-15)6-9(3)13(16)12(11)14/h4-8H,1-3H3/p+1. The highest BCUT2D eigenvalue weighted by Crippen LogP contribution is 2.34. The predicted molar refractivity (Wildman–Crippen MR) is 65.9 cm³/mol. The van der Waals surface area contributed by atoms with Gasteiger partial charge in [0.25, 0.3) is 0 Å². The summed E-state index contributed by atoms with van der Waals surface area (Å²) in [6, 6.07) is 4.31. The topological polar surface area (TPSA) is 24.1 Å². The van der Waals surface area contributed by atoms with Gasteiger partial charge in [0.15, 0.2) is 18.4 Å². The van der Waals surface area contributed by atoms with Crippen LogP contribution in [0.5, 0.6) is 5.75 Å². The molecule has 84 valence electrons. The highest BCUT2D eigenvalue weighted by atomic mass is 35.5. The molecule has 2 rings (SSSR count). The smallest absolute Gasteiger partial charge is 0.176 e. The number of phenolic OH excluding ortho intramolecular Hbond substituents is 1. The second-order valence-electron chi connectivity index (χ2n) is 4.34. The van der Waals surface area contributed by atoms with E-state index in [1.54, 1.807) is 0 Å². The summed E-state index contributed by atoms with van der Waals surface area (Å²) in [4.78, 5) is 0. The van der Waals surface area contributed by atoms with E-state index in [-0.39, 0.29) is 5.75 Å². The van der Waals surface area contributed by atoms with Crippen LogP contribution in [0.1, 0.15) is 25.5 Å². The Hall–Kier alpha value is -1.28. The molecule has 0 spiro atoms. The third-order valence-corrected chi connectivity index (χ3v) is 3.18. The minimum absolute atomic E-state index is 0.177. The Labute approximate surface area is 100 Å². The lowest BCUT2D eigenvalue weighted by Crippen LogP contribution is -2.34. The van der Waals surface area contributed by atoms with Crippen LogP contribution in [0.2, 0.25) is 5.02 Å². The molecule has 0 saturated carbocycles. The summed E-state index contributed by atoms with van der Waals surface area (Å²) >= 11 is 6.10. The number of nitrogens with zero attached hydrogens (tertiary/aromatic N) is 1. The molecule has 0 bridgehead atoms. The highest BCUT2D eigenvalue weighted by molar-refractivity contribution is 6.37. The van der Waals surface area contributed by atoms with Crippen molar-refractivity contribution in [2.24, 2.45) is 0 Å². The highest BCUT2D eigenvalue weighted by Gasteiger charge is 2.12. The molecule has 3 heteroatoms. The van der Waals surface area contributed by atoms with Crippen LogP contribution in [0.4, 0.5) is 0 Å². The number of benzene rings is 1. The first-order valence-corrected chi connectivity index (χ1v) is 5.71. The van der Waals surface area contributed by atoms with E-state index < -0.39 is 0 Å². The number of pyridine rings is 1. The van der Waals surface area contributed by atoms with E-state index >= 15 is 0 Å². The average molecular weight is 237 g/mol. The van der Waals surface area contributed by atoms with Gasteiger partial charge in [0.1, 0.15) is 5.75 Å². The summed E-state index contributed by atoms with van der Waals surface area (Å²) in [5.74, 6) is 0.177. The number of halogens is 1. The number of aromatic nitrogens is 1. The lowest BCUT2D eigenvalue weighted by Gasteiger charge is -2.07. The lowest BCUT2D eigenvalue weighted by molar-refractivity contribution is -0.715. The number of aromatic hydroxyl groups is 1. The molecule has 0 fully saturated rings. The summed E-state index contributed by atoms with van der Waals surface area (Å²) in [6.45, 7) is 6.11. The van der Waals surface area contributed by atoms with Gasteiger partial charge in [-0.3, -0.25) is 0 Å². The number of aryl methyl sites for hydroxylation is 1. The van der Waals surface area contributed by atoms with Gasteiger partial charge in [-0.2, -0.15) is 0 Å². The van der Waals surface area contributed by atoms with Crippen LogP contribution in [0.25, 0.3) is 10.8 Å². The first-order valence-electron chi connectivity index (χ1n) is 5.33. The summed E-state index contributed by atoms with van der Waals surface area (Å²) < 4.78 is 2.12. The molecule has 0 atom stereocenters. The number of rotatable bonds is 1. The quantitative estimate of drug-likeness (QED) is 0.755. The Balaban J connectivity index is 2.76. The van der Waals surface area contributed by atoms with Crippen molar-refractivity contribution in [1.29, 1.82) is 0 Å². The van der Waals surface area contributed by atoms with Crippen LogP contribution in [0.15, 0.2) is 24.5 Å². The fraction of sp³-hybridized carbons (Fsp3) is 0.308. The zero-order chi connectivity index (χ0) is 11.9. The van der Waals surface area contributed by atoms with Crippen LogP contribution >= 0.6 is 11.6 Å². The zero-order valence-electron chi connectivity index (χ0n) is 9.66. The van der Waals surface area contributed by atoms with E-state index in [1.165, 1.54) is 0 Å². The average Bonchev–Trinajstić information content (AvgIpc) is 2.25. The summed E-state index contributed by atoms with van der Waals surface area (Å²) in [5, 5.41) is 12.1. The van der Waals surface area contributed by atoms with Gasteiger partial charge in [-0.05, 0) is 32.4 Å². The molecule has 1 aromatic heterocycles. The fourth-order valence-electron chi connectivity index (χ4n) is 1.77. The third-order valence-electron chi connectivity index (χ3n) is 2.80. The van der Waals surface area contributed by atoms with E-state index in [0.29, 0.717) is 11.1 Å². The van der Waals surface area contributed by atoms with Gasteiger partial charge in [0.2, 0.25) is 0 Å². The molecule has 2 aromatic rings. The first-order chi connectivity index (χ1) is 7.50. The van der Waals surface area contributed by atoms with Crippen molar-refractivity contribution >= 4 is 22.4 Å². The normalized spacial score (nSPS) is 11.3. The van der Waals surface area contributed by atoms with E-state index in [0.717, 1.165) is 16.3 Å². The van der Waals surface area contributed by atoms with Gasteiger partial charge in [-0.15, -0.1) is 0 Å². The van der Waals surface area contributed by atoms with Gasteiger partial charge in [-0.25, -0.2) is 4.57 Å². The maximum atomic E-state index is 9.74. The molecule has 1 heterocycles. The van der Waals surface area contributed by atoms with E-state index in [1.807, 2.05) is 25.3 Å². The maximum Gasteiger partial charge on any atom is 0.176 e. The number of fused-ring (bicyclic) bond motifs is 1. The molecule has 16 heavy (non-hydrogen) atoms. The van der Waals surface area contributed by atoms with Crippen molar-refractivity contribution in [2.75, 3.05) is 0 Å². The summed E-state index contributed by atoms with van der Waals surface area (Å²) in [5.41, 5.74) is 0.805. The monoisotopic (exact) mass is 236 g/mol. The van der Waals surface area contributed by atoms with E-state index in [9.17, 15) is 5.11 Å². The Morgan fingerprint density at radius 3 is 2.69 bits per heavy atom. The van der Waals surface area contributed by atoms with Crippen LogP contribution < -0.4 is 4.57 Å². The molecule has 0 aliphatic carbocycles. The van der Waals surface area contributed by atoms with Gasteiger partial charge in [0, 0.05) is 16.8 Å². The second-order valence-corrected chi connectivity index (χ2v) is 4.72. The molecular weight excluding hydrogens is 222 g/mol. The molecule has 0 aliphatic rings. The van der Waals surface area contributed by atoms with E-state index in [2.05, 4.69) is 24.6 Å². The second kappa shape index (κ2) is 3.95. The van der Waals surface area contributed by atoms with Crippen molar-refractivity contribution in [3.8, 4) is 5.75 Å². The van der Waals surface area contributed by atoms with Crippen LogP contribution in [0.3, 0.4) is 0 Å².